The molecule has 0 fully saturated rings. The van der Waals surface area contributed by atoms with E-state index in [1.165, 1.54) is 28.5 Å². The average Bonchev–Trinajstić information content (AvgIpc) is 2.79. The van der Waals surface area contributed by atoms with E-state index in [1.54, 1.807) is 0 Å². The average molecular weight is 295 g/mol. The second-order valence-electron chi connectivity index (χ2n) is 7.09. The monoisotopic (exact) mass is 295 g/mol. The lowest BCUT2D eigenvalue weighted by Gasteiger charge is -2.34. The number of rotatable bonds is 5. The number of hydrogen-bond acceptors (Lipinski definition) is 4. The first-order chi connectivity index (χ1) is 9.36. The van der Waals surface area contributed by atoms with Crippen LogP contribution in [0.4, 0.5) is 5.13 Å². The molecule has 1 aliphatic carbocycles. The lowest BCUT2D eigenvalue weighted by atomic mass is 9.76. The van der Waals surface area contributed by atoms with E-state index in [0.29, 0.717) is 11.5 Å². The zero-order valence-electron chi connectivity index (χ0n) is 13.8. The van der Waals surface area contributed by atoms with E-state index >= 15 is 0 Å². The van der Waals surface area contributed by atoms with Crippen LogP contribution >= 0.6 is 11.3 Å². The second-order valence-corrected chi connectivity index (χ2v) is 8.10. The van der Waals surface area contributed by atoms with Crippen LogP contribution in [-0.2, 0) is 6.42 Å². The summed E-state index contributed by atoms with van der Waals surface area (Å²) in [6.07, 6.45) is 3.53. The SMILES string of the molecule is CCC(C)CN(C)c1nc2c(s1)C(NC)CC(C)(C)C2. The van der Waals surface area contributed by atoms with Crippen LogP contribution in [-0.4, -0.2) is 25.6 Å². The Kier molecular flexibility index (Phi) is 4.75. The Labute approximate surface area is 127 Å². The zero-order valence-corrected chi connectivity index (χ0v) is 14.6. The maximum Gasteiger partial charge on any atom is 0.185 e. The van der Waals surface area contributed by atoms with Crippen molar-refractivity contribution in [2.75, 3.05) is 25.5 Å². The number of fused-ring (bicyclic) bond motifs is 1. The van der Waals surface area contributed by atoms with Gasteiger partial charge in [-0.25, -0.2) is 4.98 Å². The fourth-order valence-corrected chi connectivity index (χ4v) is 4.15. The Morgan fingerprint density at radius 2 is 2.20 bits per heavy atom. The Morgan fingerprint density at radius 1 is 1.50 bits per heavy atom. The minimum Gasteiger partial charge on any atom is -0.351 e. The molecule has 0 aromatic carbocycles. The fraction of sp³-hybridized carbons (Fsp3) is 0.812. The molecule has 2 atom stereocenters. The summed E-state index contributed by atoms with van der Waals surface area (Å²) in [5, 5.41) is 4.66. The van der Waals surface area contributed by atoms with Crippen molar-refractivity contribution in [3.8, 4) is 0 Å². The van der Waals surface area contributed by atoms with Gasteiger partial charge in [0.15, 0.2) is 5.13 Å². The smallest absolute Gasteiger partial charge is 0.185 e. The Balaban J connectivity index is 2.21. The standard InChI is InChI=1S/C16H29N3S/c1-7-11(2)10-19(6)15-18-13-9-16(3,4)8-12(17-5)14(13)20-15/h11-12,17H,7-10H2,1-6H3. The summed E-state index contributed by atoms with van der Waals surface area (Å²) < 4.78 is 0. The van der Waals surface area contributed by atoms with Gasteiger partial charge in [0.05, 0.1) is 5.69 Å². The predicted molar refractivity (Wildman–Crippen MR) is 88.7 cm³/mol. The maximum absolute atomic E-state index is 4.94. The molecule has 114 valence electrons. The summed E-state index contributed by atoms with van der Waals surface area (Å²) in [7, 11) is 4.24. The van der Waals surface area contributed by atoms with Crippen LogP contribution in [0.15, 0.2) is 0 Å². The Hall–Kier alpha value is -0.610. The number of nitrogens with one attached hydrogen (secondary N) is 1. The quantitative estimate of drug-likeness (QED) is 0.894. The van der Waals surface area contributed by atoms with Crippen molar-refractivity contribution in [1.82, 2.24) is 10.3 Å². The predicted octanol–water partition coefficient (Wildman–Crippen LogP) is 3.86. The van der Waals surface area contributed by atoms with Crippen LogP contribution < -0.4 is 10.2 Å². The first-order valence-corrected chi connectivity index (χ1v) is 8.56. The molecule has 1 aliphatic rings. The van der Waals surface area contributed by atoms with Gasteiger partial charge in [-0.15, -0.1) is 0 Å². The molecule has 0 spiro atoms. The molecule has 1 N–H and O–H groups in total. The third-order valence-electron chi connectivity index (χ3n) is 4.39. The van der Waals surface area contributed by atoms with Crippen molar-refractivity contribution in [3.05, 3.63) is 10.6 Å². The topological polar surface area (TPSA) is 28.2 Å². The molecule has 2 unspecified atom stereocenters. The molecule has 2 rings (SSSR count). The molecule has 1 heterocycles. The summed E-state index contributed by atoms with van der Waals surface area (Å²) in [6.45, 7) is 10.4. The van der Waals surface area contributed by atoms with Crippen LogP contribution in [0.25, 0.3) is 0 Å². The van der Waals surface area contributed by atoms with Crippen LogP contribution in [0.2, 0.25) is 0 Å². The van der Waals surface area contributed by atoms with Crippen molar-refractivity contribution < 1.29 is 0 Å². The Morgan fingerprint density at radius 3 is 2.80 bits per heavy atom. The van der Waals surface area contributed by atoms with Gasteiger partial charge in [0.1, 0.15) is 0 Å². The second kappa shape index (κ2) is 6.02. The number of nitrogens with zero attached hydrogens (tertiary/aromatic N) is 2. The number of thiazole rings is 1. The van der Waals surface area contributed by atoms with Gasteiger partial charge in [-0.1, -0.05) is 45.5 Å². The molecule has 1 aromatic heterocycles. The molecule has 0 bridgehead atoms. The number of aromatic nitrogens is 1. The molecule has 0 radical (unpaired) electrons. The van der Waals surface area contributed by atoms with Gasteiger partial charge in [-0.2, -0.15) is 0 Å². The first kappa shape index (κ1) is 15.8. The van der Waals surface area contributed by atoms with Gasteiger partial charge in [0, 0.05) is 24.5 Å². The van der Waals surface area contributed by atoms with Crippen molar-refractivity contribution in [2.45, 2.75) is 53.0 Å². The van der Waals surface area contributed by atoms with E-state index in [1.807, 2.05) is 11.3 Å². The van der Waals surface area contributed by atoms with Crippen molar-refractivity contribution in [2.24, 2.45) is 11.3 Å². The van der Waals surface area contributed by atoms with Crippen LogP contribution in [0.5, 0.6) is 0 Å². The van der Waals surface area contributed by atoms with Crippen molar-refractivity contribution in [3.63, 3.8) is 0 Å². The van der Waals surface area contributed by atoms with Crippen LogP contribution in [0.1, 0.15) is 57.1 Å². The highest BCUT2D eigenvalue weighted by atomic mass is 32.1. The normalized spacial score (nSPS) is 22.4. The lowest BCUT2D eigenvalue weighted by molar-refractivity contribution is 0.265. The lowest BCUT2D eigenvalue weighted by Crippen LogP contribution is -2.30. The van der Waals surface area contributed by atoms with Gasteiger partial charge < -0.3 is 10.2 Å². The van der Waals surface area contributed by atoms with E-state index in [2.05, 4.69) is 52.0 Å². The van der Waals surface area contributed by atoms with E-state index in [0.717, 1.165) is 18.9 Å². The molecular formula is C16H29N3S. The third kappa shape index (κ3) is 3.34. The highest BCUT2D eigenvalue weighted by molar-refractivity contribution is 7.15. The minimum atomic E-state index is 0.349. The minimum absolute atomic E-state index is 0.349. The van der Waals surface area contributed by atoms with Gasteiger partial charge in [-0.3, -0.25) is 0 Å². The highest BCUT2D eigenvalue weighted by Gasteiger charge is 2.34. The third-order valence-corrected chi connectivity index (χ3v) is 5.72. The molecule has 0 amide bonds. The summed E-state index contributed by atoms with van der Waals surface area (Å²) in [4.78, 5) is 8.72. The molecule has 1 aromatic rings. The highest BCUT2D eigenvalue weighted by Crippen LogP contribution is 2.44. The van der Waals surface area contributed by atoms with Gasteiger partial charge >= 0.3 is 0 Å². The largest absolute Gasteiger partial charge is 0.351 e. The van der Waals surface area contributed by atoms with Gasteiger partial charge in [-0.05, 0) is 31.2 Å². The van der Waals surface area contributed by atoms with Gasteiger partial charge in [0.2, 0.25) is 0 Å². The van der Waals surface area contributed by atoms with E-state index in [4.69, 9.17) is 4.98 Å². The molecule has 0 saturated heterocycles. The molecule has 0 aliphatic heterocycles. The summed E-state index contributed by atoms with van der Waals surface area (Å²) in [6, 6.07) is 0.469. The Bertz CT molecular complexity index is 453. The van der Waals surface area contributed by atoms with Gasteiger partial charge in [0.25, 0.3) is 0 Å². The van der Waals surface area contributed by atoms with E-state index in [-0.39, 0.29) is 0 Å². The van der Waals surface area contributed by atoms with Crippen LogP contribution in [0, 0.1) is 11.3 Å². The molecule has 0 saturated carbocycles. The van der Waals surface area contributed by atoms with Crippen molar-refractivity contribution >= 4 is 16.5 Å². The van der Waals surface area contributed by atoms with E-state index < -0.39 is 0 Å². The molecule has 3 nitrogen and oxygen atoms in total. The fourth-order valence-electron chi connectivity index (χ4n) is 2.99. The molecule has 4 heteroatoms. The molecular weight excluding hydrogens is 266 g/mol. The van der Waals surface area contributed by atoms with Crippen molar-refractivity contribution in [1.29, 1.82) is 0 Å². The zero-order chi connectivity index (χ0) is 14.9. The number of anilines is 1. The summed E-state index contributed by atoms with van der Waals surface area (Å²) in [5.74, 6) is 0.720. The van der Waals surface area contributed by atoms with E-state index in [9.17, 15) is 0 Å². The maximum atomic E-state index is 4.94. The molecule has 20 heavy (non-hydrogen) atoms. The van der Waals surface area contributed by atoms with Crippen LogP contribution in [0.3, 0.4) is 0 Å². The first-order valence-electron chi connectivity index (χ1n) is 7.74. The summed E-state index contributed by atoms with van der Waals surface area (Å²) >= 11 is 1.88. The number of hydrogen-bond donors (Lipinski definition) is 1. The summed E-state index contributed by atoms with van der Waals surface area (Å²) in [5.41, 5.74) is 1.66.